The smallest absolute Gasteiger partial charge is 0.323 e. The summed E-state index contributed by atoms with van der Waals surface area (Å²) in [5.41, 5.74) is 1.55. The molecule has 0 saturated carbocycles. The fourth-order valence-corrected chi connectivity index (χ4v) is 6.03. The normalized spacial score (nSPS) is 17.6. The summed E-state index contributed by atoms with van der Waals surface area (Å²) in [6.07, 6.45) is 3.46. The van der Waals surface area contributed by atoms with Gasteiger partial charge in [0.15, 0.2) is 23.3 Å². The summed E-state index contributed by atoms with van der Waals surface area (Å²) in [4.78, 5) is 43.6. The number of carbonyl (C=O) groups excluding carboxylic acids is 3. The van der Waals surface area contributed by atoms with Gasteiger partial charge < -0.3 is 20.3 Å². The first-order valence-electron chi connectivity index (χ1n) is 12.7. The van der Waals surface area contributed by atoms with Crippen molar-refractivity contribution in [3.05, 3.63) is 59.3 Å². The molecular weight excluding hydrogens is 526 g/mol. The van der Waals surface area contributed by atoms with Crippen molar-refractivity contribution in [3.8, 4) is 0 Å². The lowest BCUT2D eigenvalue weighted by Gasteiger charge is -2.23. The Morgan fingerprint density at radius 1 is 1.26 bits per heavy atom. The maximum atomic E-state index is 13.3. The minimum Gasteiger partial charge on any atom is -0.618 e. The monoisotopic (exact) mass is 557 g/mol. The number of Topliss-reactive ketones (excluding diaryl/α,β-unsaturated/α-hetero) is 1. The Labute approximate surface area is 226 Å². The second-order valence-electron chi connectivity index (χ2n) is 9.93. The van der Waals surface area contributed by atoms with Crippen molar-refractivity contribution in [2.24, 2.45) is 5.92 Å². The molecule has 1 fully saturated rings. The Morgan fingerprint density at radius 2 is 2.03 bits per heavy atom. The number of furan rings is 1. The number of fused-ring (bicyclic) bond motifs is 1. The van der Waals surface area contributed by atoms with Gasteiger partial charge in [0, 0.05) is 30.4 Å². The molecule has 4 rings (SSSR count). The standard InChI is InChI=1S/C26H31N5O7S/c1-16(2)14-19(29-26(34)24-17(3)23-21(38-24)9-6-11-27-23)25(33)28-18-8-7-12-30(15-20(18)32)39(36,37)22-10-4-5-13-31(22)35/h4-6,9-11,13,16,18-19H,7-8,12,14-15H2,1-3H3,(H,28,33)(H,29,34)/t18-,19?/m0/s1. The zero-order valence-electron chi connectivity index (χ0n) is 21.9. The highest BCUT2D eigenvalue weighted by molar-refractivity contribution is 7.89. The van der Waals surface area contributed by atoms with E-state index in [1.165, 1.54) is 18.2 Å². The average Bonchev–Trinajstić information content (AvgIpc) is 3.11. The Balaban J connectivity index is 1.47. The van der Waals surface area contributed by atoms with Crippen LogP contribution in [0.2, 0.25) is 0 Å². The van der Waals surface area contributed by atoms with Crippen molar-refractivity contribution in [3.63, 3.8) is 0 Å². The van der Waals surface area contributed by atoms with Crippen LogP contribution in [0.3, 0.4) is 0 Å². The van der Waals surface area contributed by atoms with Crippen LogP contribution in [0, 0.1) is 18.0 Å². The number of sulfonamides is 1. The molecule has 4 heterocycles. The van der Waals surface area contributed by atoms with E-state index in [4.69, 9.17) is 4.42 Å². The first-order chi connectivity index (χ1) is 18.5. The average molecular weight is 558 g/mol. The third-order valence-corrected chi connectivity index (χ3v) is 8.38. The molecule has 2 amide bonds. The van der Waals surface area contributed by atoms with Crippen LogP contribution in [-0.2, 0) is 19.6 Å². The molecule has 2 atom stereocenters. The van der Waals surface area contributed by atoms with E-state index in [1.54, 1.807) is 25.3 Å². The molecular formula is C26H31N5O7S. The maximum absolute atomic E-state index is 13.3. The van der Waals surface area contributed by atoms with Gasteiger partial charge in [0.05, 0.1) is 12.6 Å². The van der Waals surface area contributed by atoms with Crippen molar-refractivity contribution in [2.75, 3.05) is 13.1 Å². The molecule has 0 spiro atoms. The van der Waals surface area contributed by atoms with E-state index in [0.717, 1.165) is 10.5 Å². The molecule has 1 aliphatic heterocycles. The number of aryl methyl sites for hydroxylation is 1. The first-order valence-corrected chi connectivity index (χ1v) is 14.1. The lowest BCUT2D eigenvalue weighted by Crippen LogP contribution is -2.53. The quantitative estimate of drug-likeness (QED) is 0.310. The topological polar surface area (TPSA) is 166 Å². The van der Waals surface area contributed by atoms with Crippen LogP contribution in [0.1, 0.15) is 49.2 Å². The second-order valence-corrected chi connectivity index (χ2v) is 11.8. The van der Waals surface area contributed by atoms with Gasteiger partial charge in [-0.25, -0.2) is 8.42 Å². The van der Waals surface area contributed by atoms with Gasteiger partial charge >= 0.3 is 15.0 Å². The number of nitrogens with zero attached hydrogens (tertiary/aromatic N) is 3. The minimum absolute atomic E-state index is 0.0147. The van der Waals surface area contributed by atoms with E-state index >= 15 is 0 Å². The first kappa shape index (κ1) is 28.2. The molecule has 39 heavy (non-hydrogen) atoms. The molecule has 3 aromatic heterocycles. The Hall–Kier alpha value is -3.84. The third kappa shape index (κ3) is 6.09. The van der Waals surface area contributed by atoms with Gasteiger partial charge in [-0.2, -0.15) is 9.04 Å². The number of pyridine rings is 2. The highest BCUT2D eigenvalue weighted by Crippen LogP contribution is 2.23. The van der Waals surface area contributed by atoms with Gasteiger partial charge in [0.25, 0.3) is 5.91 Å². The Bertz CT molecular complexity index is 1500. The van der Waals surface area contributed by atoms with Crippen LogP contribution in [0.15, 0.2) is 52.2 Å². The lowest BCUT2D eigenvalue weighted by molar-refractivity contribution is -0.646. The summed E-state index contributed by atoms with van der Waals surface area (Å²) in [7, 11) is -4.22. The highest BCUT2D eigenvalue weighted by atomic mass is 32.2. The van der Waals surface area contributed by atoms with Crippen molar-refractivity contribution in [1.29, 1.82) is 0 Å². The summed E-state index contributed by atoms with van der Waals surface area (Å²) in [5.74, 6) is -1.56. The maximum Gasteiger partial charge on any atom is 0.323 e. The number of nitrogens with one attached hydrogen (secondary N) is 2. The predicted octanol–water partition coefficient (Wildman–Crippen LogP) is 1.45. The van der Waals surface area contributed by atoms with Crippen LogP contribution in [0.25, 0.3) is 11.1 Å². The van der Waals surface area contributed by atoms with E-state index < -0.39 is 51.3 Å². The lowest BCUT2D eigenvalue weighted by atomic mass is 10.0. The van der Waals surface area contributed by atoms with E-state index in [1.807, 2.05) is 13.8 Å². The zero-order valence-corrected chi connectivity index (χ0v) is 22.7. The molecule has 0 bridgehead atoms. The summed E-state index contributed by atoms with van der Waals surface area (Å²) in [6, 6.07) is 5.49. The minimum atomic E-state index is -4.22. The van der Waals surface area contributed by atoms with Gasteiger partial charge in [-0.15, -0.1) is 0 Å². The van der Waals surface area contributed by atoms with E-state index in [2.05, 4.69) is 15.6 Å². The molecule has 3 aromatic rings. The predicted molar refractivity (Wildman–Crippen MR) is 140 cm³/mol. The van der Waals surface area contributed by atoms with Crippen molar-refractivity contribution in [1.82, 2.24) is 19.9 Å². The Kier molecular flexibility index (Phi) is 8.31. The fraction of sp³-hybridized carbons (Fsp3) is 0.423. The molecule has 0 radical (unpaired) electrons. The van der Waals surface area contributed by atoms with E-state index in [9.17, 15) is 28.0 Å². The second kappa shape index (κ2) is 11.5. The van der Waals surface area contributed by atoms with Crippen molar-refractivity contribution >= 4 is 38.7 Å². The molecule has 13 heteroatoms. The van der Waals surface area contributed by atoms with Crippen molar-refractivity contribution < 1.29 is 31.9 Å². The summed E-state index contributed by atoms with van der Waals surface area (Å²) >= 11 is 0. The number of rotatable bonds is 8. The number of carbonyl (C=O) groups is 3. The van der Waals surface area contributed by atoms with Gasteiger partial charge in [-0.05, 0) is 50.3 Å². The number of ketones is 1. The van der Waals surface area contributed by atoms with Crippen LogP contribution in [0.5, 0.6) is 0 Å². The summed E-state index contributed by atoms with van der Waals surface area (Å²) < 4.78 is 32.9. The van der Waals surface area contributed by atoms with Gasteiger partial charge in [-0.1, -0.05) is 13.8 Å². The van der Waals surface area contributed by atoms with Crippen LogP contribution >= 0.6 is 0 Å². The summed E-state index contributed by atoms with van der Waals surface area (Å²) in [5, 5.41) is 17.0. The van der Waals surface area contributed by atoms with E-state index in [-0.39, 0.29) is 35.8 Å². The van der Waals surface area contributed by atoms with Gasteiger partial charge in [0.1, 0.15) is 11.6 Å². The molecule has 1 unspecified atom stereocenters. The number of aromatic nitrogens is 2. The molecule has 2 N–H and O–H groups in total. The zero-order chi connectivity index (χ0) is 28.3. The Morgan fingerprint density at radius 3 is 2.72 bits per heavy atom. The van der Waals surface area contributed by atoms with Gasteiger partial charge in [0.2, 0.25) is 5.91 Å². The summed E-state index contributed by atoms with van der Waals surface area (Å²) in [6.45, 7) is 5.02. The molecule has 1 aliphatic rings. The fourth-order valence-electron chi connectivity index (χ4n) is 4.56. The number of hydrogen-bond donors (Lipinski definition) is 2. The third-order valence-electron chi connectivity index (χ3n) is 6.54. The molecule has 1 saturated heterocycles. The molecule has 0 aliphatic carbocycles. The van der Waals surface area contributed by atoms with Gasteiger partial charge in [-0.3, -0.25) is 19.4 Å². The molecule has 208 valence electrons. The van der Waals surface area contributed by atoms with Crippen LogP contribution in [0.4, 0.5) is 0 Å². The van der Waals surface area contributed by atoms with Crippen molar-refractivity contribution in [2.45, 2.75) is 57.1 Å². The molecule has 0 aromatic carbocycles. The number of hydrogen-bond acceptors (Lipinski definition) is 8. The number of amides is 2. The van der Waals surface area contributed by atoms with Crippen LogP contribution < -0.4 is 15.4 Å². The SMILES string of the molecule is Cc1c(C(=O)NC(CC(C)C)C(=O)N[C@H]2CCCN(S(=O)(=O)c3cccc[n+]3[O-])CC2=O)oc2cccnc12. The van der Waals surface area contributed by atoms with E-state index in [0.29, 0.717) is 23.1 Å². The molecule has 12 nitrogen and oxygen atoms in total. The largest absolute Gasteiger partial charge is 0.618 e. The highest BCUT2D eigenvalue weighted by Gasteiger charge is 2.37. The van der Waals surface area contributed by atoms with Crippen LogP contribution in [-0.4, -0.2) is 60.5 Å².